The van der Waals surface area contributed by atoms with Gasteiger partial charge in [-0.15, -0.1) is 0 Å². The van der Waals surface area contributed by atoms with Gasteiger partial charge in [0.1, 0.15) is 11.6 Å². The predicted octanol–water partition coefficient (Wildman–Crippen LogP) is 4.23. The van der Waals surface area contributed by atoms with Gasteiger partial charge >= 0.3 is 0 Å². The number of aromatic nitrogens is 4. The molecule has 1 amide bonds. The number of carbonyl (C=O) groups is 1. The third-order valence-electron chi connectivity index (χ3n) is 4.40. The predicted molar refractivity (Wildman–Crippen MR) is 118 cm³/mol. The lowest BCUT2D eigenvalue weighted by Gasteiger charge is -2.16. The van der Waals surface area contributed by atoms with E-state index in [9.17, 15) is 18.4 Å². The molecule has 2 aromatic carbocycles. The second-order valence-electron chi connectivity index (χ2n) is 6.61. The molecular formula is C21H14ClF2N5O2S. The zero-order valence-electron chi connectivity index (χ0n) is 16.4. The average molecular weight is 474 g/mol. The van der Waals surface area contributed by atoms with Gasteiger partial charge < -0.3 is 0 Å². The van der Waals surface area contributed by atoms with Crippen LogP contribution in [-0.4, -0.2) is 30.7 Å². The number of nitrogens with zero attached hydrogens (tertiary/aromatic N) is 4. The Labute approximate surface area is 189 Å². The smallest absolute Gasteiger partial charge is 0.266 e. The van der Waals surface area contributed by atoms with Crippen molar-refractivity contribution in [2.75, 3.05) is 5.32 Å². The molecule has 0 bridgehead atoms. The average Bonchev–Trinajstić information content (AvgIpc) is 2.76. The van der Waals surface area contributed by atoms with Gasteiger partial charge in [-0.25, -0.2) is 23.7 Å². The van der Waals surface area contributed by atoms with Crippen LogP contribution in [-0.2, 0) is 4.79 Å². The molecule has 0 fully saturated rings. The highest BCUT2D eigenvalue weighted by molar-refractivity contribution is 8.00. The summed E-state index contributed by atoms with van der Waals surface area (Å²) in [4.78, 5) is 38.2. The standard InChI is InChI=1S/C21H14ClF2N5O2S/c1-11(18(30)28-20-25-7-2-8-26-20)32-21-27-16-5-3-12(22)9-14(16)19(31)29(21)17-6-4-13(23)10-15(17)24/h2-11H,1H3,(H,25,26,28,30). The molecule has 0 radical (unpaired) electrons. The topological polar surface area (TPSA) is 89.8 Å². The Morgan fingerprint density at radius 1 is 1.16 bits per heavy atom. The van der Waals surface area contributed by atoms with Gasteiger partial charge in [0.25, 0.3) is 5.56 Å². The van der Waals surface area contributed by atoms with Crippen LogP contribution in [0.4, 0.5) is 14.7 Å². The van der Waals surface area contributed by atoms with Crippen molar-refractivity contribution < 1.29 is 13.6 Å². The van der Waals surface area contributed by atoms with E-state index in [1.165, 1.54) is 18.5 Å². The van der Waals surface area contributed by atoms with E-state index in [1.54, 1.807) is 25.1 Å². The number of anilines is 1. The van der Waals surface area contributed by atoms with E-state index in [0.29, 0.717) is 16.6 Å². The summed E-state index contributed by atoms with van der Waals surface area (Å²) in [5.74, 6) is -2.07. The molecular weight excluding hydrogens is 460 g/mol. The molecule has 32 heavy (non-hydrogen) atoms. The Morgan fingerprint density at radius 3 is 2.62 bits per heavy atom. The zero-order chi connectivity index (χ0) is 22.8. The van der Waals surface area contributed by atoms with Crippen molar-refractivity contribution in [2.45, 2.75) is 17.3 Å². The number of fused-ring (bicyclic) bond motifs is 1. The number of rotatable bonds is 5. The van der Waals surface area contributed by atoms with E-state index in [4.69, 9.17) is 11.6 Å². The number of hydrogen-bond acceptors (Lipinski definition) is 6. The fourth-order valence-electron chi connectivity index (χ4n) is 2.88. The minimum atomic E-state index is -0.952. The summed E-state index contributed by atoms with van der Waals surface area (Å²) in [6, 6.07) is 8.98. The Morgan fingerprint density at radius 2 is 1.91 bits per heavy atom. The van der Waals surface area contributed by atoms with Crippen molar-refractivity contribution in [1.29, 1.82) is 0 Å². The quantitative estimate of drug-likeness (QED) is 0.344. The number of nitrogens with one attached hydrogen (secondary N) is 1. The molecule has 0 saturated carbocycles. The van der Waals surface area contributed by atoms with E-state index in [-0.39, 0.29) is 22.2 Å². The molecule has 2 aromatic heterocycles. The SMILES string of the molecule is CC(Sc1nc2ccc(Cl)cc2c(=O)n1-c1ccc(F)cc1F)C(=O)Nc1ncccn1. The van der Waals surface area contributed by atoms with Gasteiger partial charge in [-0.1, -0.05) is 23.4 Å². The number of carbonyl (C=O) groups excluding carboxylic acids is 1. The molecule has 4 aromatic rings. The minimum absolute atomic E-state index is 0.0481. The molecule has 2 heterocycles. The van der Waals surface area contributed by atoms with Crippen LogP contribution >= 0.6 is 23.4 Å². The fourth-order valence-corrected chi connectivity index (χ4v) is 3.97. The largest absolute Gasteiger partial charge is 0.294 e. The van der Waals surface area contributed by atoms with Crippen molar-refractivity contribution in [3.63, 3.8) is 0 Å². The summed E-state index contributed by atoms with van der Waals surface area (Å²) in [5, 5.41) is 2.31. The molecule has 0 aliphatic rings. The highest BCUT2D eigenvalue weighted by atomic mass is 35.5. The fraction of sp³-hybridized carbons (Fsp3) is 0.0952. The lowest BCUT2D eigenvalue weighted by atomic mass is 10.2. The molecule has 162 valence electrons. The van der Waals surface area contributed by atoms with Crippen LogP contribution in [0.2, 0.25) is 5.02 Å². The summed E-state index contributed by atoms with van der Waals surface area (Å²) in [6.07, 6.45) is 2.96. The summed E-state index contributed by atoms with van der Waals surface area (Å²) < 4.78 is 29.1. The second kappa shape index (κ2) is 9.01. The summed E-state index contributed by atoms with van der Waals surface area (Å²) >= 11 is 6.94. The van der Waals surface area contributed by atoms with E-state index in [0.717, 1.165) is 28.5 Å². The van der Waals surface area contributed by atoms with Crippen LogP contribution in [0.25, 0.3) is 16.6 Å². The third-order valence-corrected chi connectivity index (χ3v) is 5.69. The first-order valence-electron chi connectivity index (χ1n) is 9.26. The van der Waals surface area contributed by atoms with Crippen LogP contribution in [0.5, 0.6) is 0 Å². The van der Waals surface area contributed by atoms with Crippen molar-refractivity contribution in [1.82, 2.24) is 19.5 Å². The van der Waals surface area contributed by atoms with Crippen LogP contribution in [0, 0.1) is 11.6 Å². The number of benzene rings is 2. The first kappa shape index (κ1) is 21.8. The maximum atomic E-state index is 14.6. The second-order valence-corrected chi connectivity index (χ2v) is 8.36. The van der Waals surface area contributed by atoms with Gasteiger partial charge in [-0.3, -0.25) is 19.5 Å². The van der Waals surface area contributed by atoms with Gasteiger partial charge in [0.05, 0.1) is 21.8 Å². The Balaban J connectivity index is 1.79. The summed E-state index contributed by atoms with van der Waals surface area (Å²) in [7, 11) is 0. The molecule has 7 nitrogen and oxygen atoms in total. The number of halogens is 3. The van der Waals surface area contributed by atoms with Crippen LogP contribution in [0.15, 0.2) is 64.8 Å². The molecule has 11 heteroatoms. The minimum Gasteiger partial charge on any atom is -0.294 e. The van der Waals surface area contributed by atoms with Crippen molar-refractivity contribution in [3.05, 3.63) is 81.9 Å². The van der Waals surface area contributed by atoms with Crippen molar-refractivity contribution in [3.8, 4) is 5.69 Å². The van der Waals surface area contributed by atoms with Gasteiger partial charge in [-0.2, -0.15) is 0 Å². The molecule has 1 N–H and O–H groups in total. The van der Waals surface area contributed by atoms with Gasteiger partial charge in [-0.05, 0) is 43.3 Å². The van der Waals surface area contributed by atoms with Crippen molar-refractivity contribution in [2.24, 2.45) is 0 Å². The first-order chi connectivity index (χ1) is 15.3. The molecule has 1 atom stereocenters. The van der Waals surface area contributed by atoms with E-state index >= 15 is 0 Å². The number of amides is 1. The zero-order valence-corrected chi connectivity index (χ0v) is 18.0. The Bertz CT molecular complexity index is 1380. The van der Waals surface area contributed by atoms with Crippen LogP contribution < -0.4 is 10.9 Å². The molecule has 4 rings (SSSR count). The van der Waals surface area contributed by atoms with Crippen LogP contribution in [0.1, 0.15) is 6.92 Å². The molecule has 0 saturated heterocycles. The molecule has 0 aliphatic heterocycles. The molecule has 1 unspecified atom stereocenters. The van der Waals surface area contributed by atoms with Gasteiger partial charge in [0.15, 0.2) is 5.16 Å². The maximum Gasteiger partial charge on any atom is 0.266 e. The third kappa shape index (κ3) is 4.46. The van der Waals surface area contributed by atoms with Gasteiger partial charge in [0, 0.05) is 23.5 Å². The molecule has 0 aliphatic carbocycles. The number of hydrogen-bond donors (Lipinski definition) is 1. The monoisotopic (exact) mass is 473 g/mol. The van der Waals surface area contributed by atoms with Crippen molar-refractivity contribution >= 4 is 46.1 Å². The maximum absolute atomic E-state index is 14.6. The van der Waals surface area contributed by atoms with E-state index in [2.05, 4.69) is 20.3 Å². The van der Waals surface area contributed by atoms with E-state index < -0.39 is 28.4 Å². The number of thioether (sulfide) groups is 1. The van der Waals surface area contributed by atoms with Gasteiger partial charge in [0.2, 0.25) is 11.9 Å². The lowest BCUT2D eigenvalue weighted by molar-refractivity contribution is -0.115. The Kier molecular flexibility index (Phi) is 6.15. The lowest BCUT2D eigenvalue weighted by Crippen LogP contribution is -2.27. The first-order valence-corrected chi connectivity index (χ1v) is 10.5. The normalized spacial score (nSPS) is 12.0. The highest BCUT2D eigenvalue weighted by Gasteiger charge is 2.22. The summed E-state index contributed by atoms with van der Waals surface area (Å²) in [5.41, 5.74) is -0.489. The summed E-state index contributed by atoms with van der Waals surface area (Å²) in [6.45, 7) is 1.59. The Hall–Kier alpha value is -3.37. The van der Waals surface area contributed by atoms with Crippen LogP contribution in [0.3, 0.4) is 0 Å². The highest BCUT2D eigenvalue weighted by Crippen LogP contribution is 2.27. The molecule has 0 spiro atoms. The van der Waals surface area contributed by atoms with E-state index in [1.807, 2.05) is 0 Å².